The second kappa shape index (κ2) is 7.26. The molecule has 0 bridgehead atoms. The van der Waals surface area contributed by atoms with Crippen LogP contribution in [0, 0.1) is 12.7 Å². The highest BCUT2D eigenvalue weighted by Crippen LogP contribution is 2.23. The summed E-state index contributed by atoms with van der Waals surface area (Å²) in [6.45, 7) is 2.31. The van der Waals surface area contributed by atoms with Gasteiger partial charge < -0.3 is 19.7 Å². The number of aromatic nitrogens is 3. The number of carbonyl (C=O) groups is 2. The maximum absolute atomic E-state index is 13.4. The third-order valence-electron chi connectivity index (χ3n) is 4.49. The van der Waals surface area contributed by atoms with E-state index in [1.54, 1.807) is 23.6 Å². The van der Waals surface area contributed by atoms with Crippen LogP contribution in [0.5, 0.6) is 0 Å². The molecule has 1 aliphatic rings. The van der Waals surface area contributed by atoms with Gasteiger partial charge in [0.1, 0.15) is 11.6 Å². The predicted molar refractivity (Wildman–Crippen MR) is 98.7 cm³/mol. The van der Waals surface area contributed by atoms with E-state index in [1.807, 2.05) is 0 Å². The first-order chi connectivity index (χ1) is 13.5. The quantitative estimate of drug-likeness (QED) is 0.721. The summed E-state index contributed by atoms with van der Waals surface area (Å²) in [5.41, 5.74) is 1.21. The standard InChI is InChI=1S/C19H18FN5O3/c1-11-9-15(24-28-11)22-18(26)16-14-7-2-3-8-25(14)17(23-16)19(27)21-13-6-4-5-12(20)10-13/h4-6,9-10H,2-3,7-8H2,1H3,(H,21,27)(H,22,24,26). The molecule has 144 valence electrons. The van der Waals surface area contributed by atoms with Crippen LogP contribution in [-0.2, 0) is 13.0 Å². The van der Waals surface area contributed by atoms with Gasteiger partial charge in [0.05, 0.1) is 5.69 Å². The number of nitrogens with zero attached hydrogens (tertiary/aromatic N) is 3. The van der Waals surface area contributed by atoms with Gasteiger partial charge in [-0.25, -0.2) is 9.37 Å². The van der Waals surface area contributed by atoms with Crippen LogP contribution in [0.4, 0.5) is 15.9 Å². The van der Waals surface area contributed by atoms with E-state index < -0.39 is 17.6 Å². The SMILES string of the molecule is Cc1cc(NC(=O)c2nc(C(=O)Nc3cccc(F)c3)n3c2CCCC3)no1. The summed E-state index contributed by atoms with van der Waals surface area (Å²) >= 11 is 0. The minimum atomic E-state index is -0.495. The van der Waals surface area contributed by atoms with Crippen molar-refractivity contribution in [2.75, 3.05) is 10.6 Å². The van der Waals surface area contributed by atoms with Crippen LogP contribution in [0.1, 0.15) is 45.4 Å². The fourth-order valence-electron chi connectivity index (χ4n) is 3.25. The number of benzene rings is 1. The summed E-state index contributed by atoms with van der Waals surface area (Å²) in [5, 5.41) is 9.01. The van der Waals surface area contributed by atoms with Gasteiger partial charge in [-0.15, -0.1) is 0 Å². The van der Waals surface area contributed by atoms with Crippen molar-refractivity contribution in [3.05, 3.63) is 59.1 Å². The molecule has 2 N–H and O–H groups in total. The van der Waals surface area contributed by atoms with Crippen LogP contribution in [0.25, 0.3) is 0 Å². The number of carbonyl (C=O) groups excluding carboxylic acids is 2. The molecule has 1 aromatic carbocycles. The van der Waals surface area contributed by atoms with E-state index in [2.05, 4.69) is 20.8 Å². The van der Waals surface area contributed by atoms with Gasteiger partial charge in [0, 0.05) is 18.3 Å². The lowest BCUT2D eigenvalue weighted by atomic mass is 10.1. The first-order valence-electron chi connectivity index (χ1n) is 8.92. The monoisotopic (exact) mass is 383 g/mol. The van der Waals surface area contributed by atoms with Crippen LogP contribution in [-0.4, -0.2) is 26.5 Å². The van der Waals surface area contributed by atoms with Crippen molar-refractivity contribution in [2.24, 2.45) is 0 Å². The van der Waals surface area contributed by atoms with Gasteiger partial charge in [0.25, 0.3) is 11.8 Å². The second-order valence-corrected chi connectivity index (χ2v) is 6.58. The van der Waals surface area contributed by atoms with Gasteiger partial charge in [-0.3, -0.25) is 9.59 Å². The maximum Gasteiger partial charge on any atom is 0.291 e. The molecular formula is C19H18FN5O3. The molecule has 0 fully saturated rings. The lowest BCUT2D eigenvalue weighted by molar-refractivity contribution is 0.101. The lowest BCUT2D eigenvalue weighted by Crippen LogP contribution is -2.21. The average Bonchev–Trinajstić information content (AvgIpc) is 3.25. The summed E-state index contributed by atoms with van der Waals surface area (Å²) in [5.74, 6) is -0.427. The van der Waals surface area contributed by atoms with Crippen molar-refractivity contribution in [3.63, 3.8) is 0 Å². The summed E-state index contributed by atoms with van der Waals surface area (Å²) in [6.07, 6.45) is 2.42. The number of aryl methyl sites for hydroxylation is 1. The fourth-order valence-corrected chi connectivity index (χ4v) is 3.25. The zero-order valence-electron chi connectivity index (χ0n) is 15.2. The van der Waals surface area contributed by atoms with Gasteiger partial charge in [0.15, 0.2) is 17.3 Å². The number of anilines is 2. The Hall–Kier alpha value is -3.49. The molecule has 0 radical (unpaired) electrons. The Labute approximate surface area is 159 Å². The molecular weight excluding hydrogens is 365 g/mol. The van der Waals surface area contributed by atoms with Crippen molar-refractivity contribution < 1.29 is 18.5 Å². The highest BCUT2D eigenvalue weighted by atomic mass is 19.1. The number of nitrogens with one attached hydrogen (secondary N) is 2. The summed E-state index contributed by atoms with van der Waals surface area (Å²) in [4.78, 5) is 29.7. The minimum Gasteiger partial charge on any atom is -0.360 e. The zero-order chi connectivity index (χ0) is 19.7. The number of hydrogen-bond acceptors (Lipinski definition) is 5. The van der Waals surface area contributed by atoms with Gasteiger partial charge in [-0.1, -0.05) is 11.2 Å². The molecule has 3 aromatic rings. The smallest absolute Gasteiger partial charge is 0.291 e. The maximum atomic E-state index is 13.4. The van der Waals surface area contributed by atoms with Gasteiger partial charge in [0.2, 0.25) is 0 Å². The van der Waals surface area contributed by atoms with E-state index in [-0.39, 0.29) is 17.3 Å². The molecule has 3 heterocycles. The second-order valence-electron chi connectivity index (χ2n) is 6.58. The van der Waals surface area contributed by atoms with Crippen molar-refractivity contribution in [2.45, 2.75) is 32.7 Å². The van der Waals surface area contributed by atoms with Gasteiger partial charge >= 0.3 is 0 Å². The van der Waals surface area contributed by atoms with Crippen molar-refractivity contribution >= 4 is 23.3 Å². The van der Waals surface area contributed by atoms with E-state index in [4.69, 9.17) is 4.52 Å². The molecule has 1 aliphatic heterocycles. The third-order valence-corrected chi connectivity index (χ3v) is 4.49. The third kappa shape index (κ3) is 3.51. The van der Waals surface area contributed by atoms with E-state index in [9.17, 15) is 14.0 Å². The van der Waals surface area contributed by atoms with Crippen molar-refractivity contribution in [1.82, 2.24) is 14.7 Å². The van der Waals surface area contributed by atoms with Crippen LogP contribution >= 0.6 is 0 Å². The molecule has 0 saturated heterocycles. The lowest BCUT2D eigenvalue weighted by Gasteiger charge is -2.17. The summed E-state index contributed by atoms with van der Waals surface area (Å²) in [7, 11) is 0. The first kappa shape index (κ1) is 17.9. The molecule has 28 heavy (non-hydrogen) atoms. The Morgan fingerprint density at radius 1 is 1.18 bits per heavy atom. The highest BCUT2D eigenvalue weighted by Gasteiger charge is 2.28. The molecule has 0 saturated carbocycles. The van der Waals surface area contributed by atoms with Gasteiger partial charge in [-0.2, -0.15) is 0 Å². The fraction of sp³-hybridized carbons (Fsp3) is 0.263. The summed E-state index contributed by atoms with van der Waals surface area (Å²) in [6, 6.07) is 7.20. The molecule has 4 rings (SSSR count). The number of imidazole rings is 1. The van der Waals surface area contributed by atoms with Crippen molar-refractivity contribution in [3.8, 4) is 0 Å². The van der Waals surface area contributed by atoms with E-state index in [0.717, 1.165) is 12.8 Å². The Kier molecular flexibility index (Phi) is 4.64. The number of halogens is 1. The topological polar surface area (TPSA) is 102 Å². The highest BCUT2D eigenvalue weighted by molar-refractivity contribution is 6.06. The molecule has 0 unspecified atom stereocenters. The zero-order valence-corrected chi connectivity index (χ0v) is 15.2. The first-order valence-corrected chi connectivity index (χ1v) is 8.92. The Balaban J connectivity index is 1.63. The number of hydrogen-bond donors (Lipinski definition) is 2. The average molecular weight is 383 g/mol. The Morgan fingerprint density at radius 3 is 2.79 bits per heavy atom. The molecule has 0 atom stereocenters. The Bertz CT molecular complexity index is 1060. The molecule has 0 aliphatic carbocycles. The van der Waals surface area contributed by atoms with Crippen LogP contribution < -0.4 is 10.6 Å². The van der Waals surface area contributed by atoms with Crippen LogP contribution in [0.15, 0.2) is 34.9 Å². The molecule has 0 spiro atoms. The Morgan fingerprint density at radius 2 is 2.04 bits per heavy atom. The number of fused-ring (bicyclic) bond motifs is 1. The van der Waals surface area contributed by atoms with E-state index in [1.165, 1.54) is 18.2 Å². The minimum absolute atomic E-state index is 0.125. The predicted octanol–water partition coefficient (Wildman–Crippen LogP) is 3.16. The van der Waals surface area contributed by atoms with E-state index in [0.29, 0.717) is 30.1 Å². The molecule has 2 amide bonds. The van der Waals surface area contributed by atoms with E-state index >= 15 is 0 Å². The van der Waals surface area contributed by atoms with Crippen molar-refractivity contribution in [1.29, 1.82) is 0 Å². The van der Waals surface area contributed by atoms with Crippen LogP contribution in [0.3, 0.4) is 0 Å². The number of amides is 2. The van der Waals surface area contributed by atoms with Gasteiger partial charge in [-0.05, 0) is 44.4 Å². The normalized spacial score (nSPS) is 13.1. The largest absolute Gasteiger partial charge is 0.360 e. The molecule has 2 aromatic heterocycles. The number of rotatable bonds is 4. The molecule has 9 heteroatoms. The van der Waals surface area contributed by atoms with Crippen LogP contribution in [0.2, 0.25) is 0 Å². The summed E-state index contributed by atoms with van der Waals surface area (Å²) < 4.78 is 20.1. The molecule has 8 nitrogen and oxygen atoms in total.